The van der Waals surface area contributed by atoms with Crippen molar-refractivity contribution in [3.8, 4) is 0 Å². The minimum absolute atomic E-state index is 0.0872. The second-order valence-electron chi connectivity index (χ2n) is 7.69. The topological polar surface area (TPSA) is 126 Å². The molecule has 3 heterocycles. The zero-order chi connectivity index (χ0) is 25.4. The highest BCUT2D eigenvalue weighted by Gasteiger charge is 2.32. The summed E-state index contributed by atoms with van der Waals surface area (Å²) in [5.41, 5.74) is -0.784. The highest BCUT2D eigenvalue weighted by Crippen LogP contribution is 2.28. The Kier molecular flexibility index (Phi) is 9.40. The normalized spacial score (nSPS) is 15.2. The van der Waals surface area contributed by atoms with E-state index in [1.54, 1.807) is 16.9 Å². The summed E-state index contributed by atoms with van der Waals surface area (Å²) in [4.78, 5) is 35.2. The van der Waals surface area contributed by atoms with Crippen LogP contribution in [0.3, 0.4) is 0 Å². The fourth-order valence-corrected chi connectivity index (χ4v) is 3.67. The van der Waals surface area contributed by atoms with Crippen LogP contribution in [0.2, 0.25) is 0 Å². The van der Waals surface area contributed by atoms with E-state index in [2.05, 4.69) is 41.4 Å². The molecule has 2 aromatic rings. The number of aromatic nitrogens is 4. The standard InChI is InChI=1S/C20H25BrF3N7O4/c1-34-11-14(28-15-10-27-29-18(33)17(15)21)12-35-7-2-16(32)30-3-5-31(6-4-30)19-25-8-13(9-26-19)20(22,23)24/h8-10,14H,2-7,11-12H2,1H3,(H2,28,29,33). The molecule has 2 aromatic heterocycles. The Morgan fingerprint density at radius 3 is 2.51 bits per heavy atom. The average Bonchev–Trinajstić information content (AvgIpc) is 2.84. The molecule has 35 heavy (non-hydrogen) atoms. The molecule has 1 aliphatic heterocycles. The minimum atomic E-state index is -4.49. The number of rotatable bonds is 10. The lowest BCUT2D eigenvalue weighted by Gasteiger charge is -2.34. The van der Waals surface area contributed by atoms with Crippen LogP contribution in [0.1, 0.15) is 12.0 Å². The predicted molar refractivity (Wildman–Crippen MR) is 123 cm³/mol. The number of halogens is 4. The summed E-state index contributed by atoms with van der Waals surface area (Å²) in [6.45, 7) is 2.37. The number of nitrogens with one attached hydrogen (secondary N) is 2. The van der Waals surface area contributed by atoms with E-state index in [1.165, 1.54) is 6.20 Å². The summed E-state index contributed by atoms with van der Waals surface area (Å²) in [5, 5.41) is 9.18. The Hall–Kier alpha value is -2.78. The van der Waals surface area contributed by atoms with Crippen molar-refractivity contribution in [3.05, 3.63) is 39.0 Å². The summed E-state index contributed by atoms with van der Waals surface area (Å²) >= 11 is 3.20. The van der Waals surface area contributed by atoms with E-state index in [-0.39, 0.29) is 43.1 Å². The van der Waals surface area contributed by atoms with Crippen molar-refractivity contribution >= 4 is 33.5 Å². The molecule has 0 bridgehead atoms. The molecule has 2 N–H and O–H groups in total. The maximum atomic E-state index is 12.7. The molecule has 15 heteroatoms. The molecule has 1 fully saturated rings. The molecular formula is C20H25BrF3N7O4. The van der Waals surface area contributed by atoms with Gasteiger partial charge in [-0.05, 0) is 15.9 Å². The Labute approximate surface area is 207 Å². The Morgan fingerprint density at radius 1 is 1.20 bits per heavy atom. The number of hydrogen-bond acceptors (Lipinski definition) is 9. The van der Waals surface area contributed by atoms with Crippen molar-refractivity contribution in [3.63, 3.8) is 0 Å². The van der Waals surface area contributed by atoms with Gasteiger partial charge in [0.1, 0.15) is 4.47 Å². The van der Waals surface area contributed by atoms with Crippen LogP contribution in [-0.4, -0.2) is 90.1 Å². The van der Waals surface area contributed by atoms with Crippen LogP contribution in [0.5, 0.6) is 0 Å². The number of anilines is 2. The third-order valence-corrected chi connectivity index (χ3v) is 5.97. The lowest BCUT2D eigenvalue weighted by Crippen LogP contribution is -2.49. The Balaban J connectivity index is 1.40. The average molecular weight is 564 g/mol. The molecule has 0 aliphatic carbocycles. The molecule has 1 aliphatic rings. The number of piperazine rings is 1. The number of amides is 1. The molecule has 1 unspecified atom stereocenters. The third-order valence-electron chi connectivity index (χ3n) is 5.18. The van der Waals surface area contributed by atoms with Crippen molar-refractivity contribution in [1.29, 1.82) is 0 Å². The van der Waals surface area contributed by atoms with Gasteiger partial charge in [0, 0.05) is 45.7 Å². The first-order chi connectivity index (χ1) is 16.7. The van der Waals surface area contributed by atoms with E-state index in [9.17, 15) is 22.8 Å². The molecule has 0 aromatic carbocycles. The van der Waals surface area contributed by atoms with Gasteiger partial charge in [0.15, 0.2) is 0 Å². The molecule has 0 radical (unpaired) electrons. The largest absolute Gasteiger partial charge is 0.419 e. The Bertz CT molecular complexity index is 1030. The fraction of sp³-hybridized carbons (Fsp3) is 0.550. The van der Waals surface area contributed by atoms with E-state index in [4.69, 9.17) is 9.47 Å². The second kappa shape index (κ2) is 12.3. The van der Waals surface area contributed by atoms with Crippen LogP contribution in [0, 0.1) is 0 Å². The number of nitrogens with zero attached hydrogens (tertiary/aromatic N) is 5. The number of carbonyl (C=O) groups excluding carboxylic acids is 1. The first kappa shape index (κ1) is 26.8. The van der Waals surface area contributed by atoms with Gasteiger partial charge in [0.2, 0.25) is 11.9 Å². The number of carbonyl (C=O) groups is 1. The molecular weight excluding hydrogens is 539 g/mol. The maximum Gasteiger partial charge on any atom is 0.419 e. The van der Waals surface area contributed by atoms with Gasteiger partial charge in [-0.2, -0.15) is 18.3 Å². The molecule has 0 spiro atoms. The van der Waals surface area contributed by atoms with Crippen molar-refractivity contribution in [2.24, 2.45) is 0 Å². The predicted octanol–water partition coefficient (Wildman–Crippen LogP) is 1.52. The second-order valence-corrected chi connectivity index (χ2v) is 8.48. The lowest BCUT2D eigenvalue weighted by molar-refractivity contribution is -0.138. The SMILES string of the molecule is COCC(COCCC(=O)N1CCN(c2ncc(C(F)(F)F)cn2)CC1)Nc1cn[nH]c(=O)c1Br. The lowest BCUT2D eigenvalue weighted by atomic mass is 10.3. The number of ether oxygens (including phenoxy) is 2. The van der Waals surface area contributed by atoms with Crippen LogP contribution in [0.15, 0.2) is 27.9 Å². The Morgan fingerprint density at radius 2 is 1.89 bits per heavy atom. The highest BCUT2D eigenvalue weighted by atomic mass is 79.9. The zero-order valence-corrected chi connectivity index (χ0v) is 20.4. The third kappa shape index (κ3) is 7.60. The van der Waals surface area contributed by atoms with Gasteiger partial charge in [0.25, 0.3) is 5.56 Å². The van der Waals surface area contributed by atoms with E-state index in [1.807, 2.05) is 0 Å². The van der Waals surface area contributed by atoms with Gasteiger partial charge in [-0.1, -0.05) is 0 Å². The minimum Gasteiger partial charge on any atom is -0.382 e. The van der Waals surface area contributed by atoms with E-state index in [0.29, 0.717) is 42.9 Å². The maximum absolute atomic E-state index is 12.7. The molecule has 0 saturated carbocycles. The zero-order valence-electron chi connectivity index (χ0n) is 18.8. The van der Waals surface area contributed by atoms with Gasteiger partial charge < -0.3 is 24.6 Å². The molecule has 1 atom stereocenters. The van der Waals surface area contributed by atoms with Crippen LogP contribution < -0.4 is 15.8 Å². The number of alkyl halides is 3. The van der Waals surface area contributed by atoms with E-state index in [0.717, 1.165) is 12.4 Å². The van der Waals surface area contributed by atoms with Gasteiger partial charge in [-0.25, -0.2) is 15.1 Å². The van der Waals surface area contributed by atoms with Crippen molar-refractivity contribution in [1.82, 2.24) is 25.1 Å². The number of methoxy groups -OCH3 is 1. The van der Waals surface area contributed by atoms with Crippen LogP contribution in [0.4, 0.5) is 24.8 Å². The molecule has 1 saturated heterocycles. The van der Waals surface area contributed by atoms with Crippen LogP contribution in [-0.2, 0) is 20.4 Å². The number of H-pyrrole nitrogens is 1. The van der Waals surface area contributed by atoms with Gasteiger partial charge >= 0.3 is 6.18 Å². The summed E-state index contributed by atoms with van der Waals surface area (Å²) in [5.74, 6) is 0.114. The van der Waals surface area contributed by atoms with Crippen molar-refractivity contribution in [2.75, 3.05) is 63.3 Å². The monoisotopic (exact) mass is 563 g/mol. The summed E-state index contributed by atoms with van der Waals surface area (Å²) in [7, 11) is 1.54. The van der Waals surface area contributed by atoms with E-state index < -0.39 is 11.7 Å². The number of aromatic amines is 1. The molecule has 1 amide bonds. The highest BCUT2D eigenvalue weighted by molar-refractivity contribution is 9.10. The molecule has 3 rings (SSSR count). The summed E-state index contributed by atoms with van der Waals surface area (Å²) in [6, 6.07) is -0.276. The smallest absolute Gasteiger partial charge is 0.382 e. The first-order valence-corrected chi connectivity index (χ1v) is 11.5. The van der Waals surface area contributed by atoms with Gasteiger partial charge in [-0.15, -0.1) is 0 Å². The number of hydrogen-bond donors (Lipinski definition) is 2. The fourth-order valence-electron chi connectivity index (χ4n) is 3.37. The van der Waals surface area contributed by atoms with E-state index >= 15 is 0 Å². The quantitative estimate of drug-likeness (QED) is 0.414. The van der Waals surface area contributed by atoms with Gasteiger partial charge in [-0.3, -0.25) is 9.59 Å². The van der Waals surface area contributed by atoms with Crippen molar-refractivity contribution in [2.45, 2.75) is 18.6 Å². The van der Waals surface area contributed by atoms with Gasteiger partial charge in [0.05, 0.1) is 49.7 Å². The van der Waals surface area contributed by atoms with Crippen LogP contribution in [0.25, 0.3) is 0 Å². The molecule has 192 valence electrons. The first-order valence-electron chi connectivity index (χ1n) is 10.7. The molecule has 11 nitrogen and oxygen atoms in total. The summed E-state index contributed by atoms with van der Waals surface area (Å²) < 4.78 is 49.1. The van der Waals surface area contributed by atoms with Crippen molar-refractivity contribution < 1.29 is 27.4 Å². The summed E-state index contributed by atoms with van der Waals surface area (Å²) in [6.07, 6.45) is -1.33. The van der Waals surface area contributed by atoms with Crippen LogP contribution >= 0.6 is 15.9 Å².